The van der Waals surface area contributed by atoms with Crippen LogP contribution in [0.4, 0.5) is 5.00 Å². The number of amides is 1. The lowest BCUT2D eigenvalue weighted by atomic mass is 10.1. The van der Waals surface area contributed by atoms with Crippen molar-refractivity contribution in [2.45, 2.75) is 19.3 Å². The van der Waals surface area contributed by atoms with Crippen LogP contribution in [0.25, 0.3) is 0 Å². The summed E-state index contributed by atoms with van der Waals surface area (Å²) in [5, 5.41) is 12.6. The molecular formula is C23H18N2O4S. The van der Waals surface area contributed by atoms with E-state index in [1.165, 1.54) is 11.3 Å². The van der Waals surface area contributed by atoms with Crippen LogP contribution in [-0.2, 0) is 22.4 Å². The van der Waals surface area contributed by atoms with Crippen molar-refractivity contribution in [1.29, 1.82) is 5.26 Å². The lowest BCUT2D eigenvalue weighted by molar-refractivity contribution is -0.119. The highest BCUT2D eigenvalue weighted by Crippen LogP contribution is 2.38. The van der Waals surface area contributed by atoms with Crippen LogP contribution in [0.15, 0.2) is 54.6 Å². The van der Waals surface area contributed by atoms with Crippen LogP contribution in [-0.4, -0.2) is 18.5 Å². The molecule has 0 aliphatic heterocycles. The molecule has 1 heterocycles. The Kier molecular flexibility index (Phi) is 5.77. The minimum Gasteiger partial charge on any atom is -0.456 e. The number of aryl methyl sites for hydroxylation is 1. The Morgan fingerprint density at radius 1 is 1.07 bits per heavy atom. The summed E-state index contributed by atoms with van der Waals surface area (Å²) in [4.78, 5) is 26.0. The van der Waals surface area contributed by atoms with E-state index < -0.39 is 18.5 Å². The molecule has 0 saturated carbocycles. The third kappa shape index (κ3) is 4.19. The number of anilines is 1. The number of fused-ring (bicyclic) bond motifs is 1. The average Bonchev–Trinajstić information content (AvgIpc) is 3.34. The van der Waals surface area contributed by atoms with Crippen molar-refractivity contribution in [3.05, 3.63) is 76.2 Å². The Balaban J connectivity index is 1.40. The Hall–Kier alpha value is -3.63. The number of hydrogen-bond donors (Lipinski definition) is 1. The van der Waals surface area contributed by atoms with E-state index in [1.54, 1.807) is 36.4 Å². The van der Waals surface area contributed by atoms with Crippen molar-refractivity contribution in [2.75, 3.05) is 11.9 Å². The minimum atomic E-state index is -0.661. The Morgan fingerprint density at radius 3 is 2.63 bits per heavy atom. The number of thiophene rings is 1. The first kappa shape index (κ1) is 19.7. The lowest BCUT2D eigenvalue weighted by Gasteiger charge is -2.11. The first-order valence-electron chi connectivity index (χ1n) is 9.49. The van der Waals surface area contributed by atoms with Crippen molar-refractivity contribution in [3.63, 3.8) is 0 Å². The molecule has 0 spiro atoms. The molecule has 0 fully saturated rings. The van der Waals surface area contributed by atoms with Crippen LogP contribution in [0.5, 0.6) is 11.5 Å². The van der Waals surface area contributed by atoms with Gasteiger partial charge in [0.1, 0.15) is 28.1 Å². The number of para-hydroxylation sites is 2. The van der Waals surface area contributed by atoms with Crippen molar-refractivity contribution < 1.29 is 19.1 Å². The van der Waals surface area contributed by atoms with Gasteiger partial charge in [-0.3, -0.25) is 4.79 Å². The highest BCUT2D eigenvalue weighted by atomic mass is 32.1. The number of nitrogens with zero attached hydrogens (tertiary/aromatic N) is 1. The molecule has 0 atom stereocenters. The quantitative estimate of drug-likeness (QED) is 0.587. The highest BCUT2D eigenvalue weighted by molar-refractivity contribution is 7.16. The van der Waals surface area contributed by atoms with Gasteiger partial charge in [-0.15, -0.1) is 11.3 Å². The predicted octanol–water partition coefficient (Wildman–Crippen LogP) is 4.70. The number of nitriles is 1. The summed E-state index contributed by atoms with van der Waals surface area (Å²) in [5.41, 5.74) is 1.78. The lowest BCUT2D eigenvalue weighted by Crippen LogP contribution is -2.21. The summed E-state index contributed by atoms with van der Waals surface area (Å²) >= 11 is 1.42. The number of benzene rings is 2. The van der Waals surface area contributed by atoms with Crippen molar-refractivity contribution in [3.8, 4) is 17.6 Å². The van der Waals surface area contributed by atoms with Crippen molar-refractivity contribution in [1.82, 2.24) is 0 Å². The van der Waals surface area contributed by atoms with E-state index in [-0.39, 0.29) is 5.56 Å². The third-order valence-electron chi connectivity index (χ3n) is 4.70. The smallest absolute Gasteiger partial charge is 0.342 e. The predicted molar refractivity (Wildman–Crippen MR) is 113 cm³/mol. The van der Waals surface area contributed by atoms with Gasteiger partial charge < -0.3 is 14.8 Å². The van der Waals surface area contributed by atoms with E-state index in [1.807, 2.05) is 18.2 Å². The average molecular weight is 418 g/mol. The molecule has 150 valence electrons. The van der Waals surface area contributed by atoms with Gasteiger partial charge in [-0.1, -0.05) is 30.3 Å². The first-order chi connectivity index (χ1) is 14.7. The van der Waals surface area contributed by atoms with Gasteiger partial charge >= 0.3 is 5.97 Å². The minimum absolute atomic E-state index is 0.224. The van der Waals surface area contributed by atoms with Gasteiger partial charge in [0.25, 0.3) is 5.91 Å². The number of ether oxygens (including phenoxy) is 2. The number of nitrogens with one attached hydrogen (secondary N) is 1. The largest absolute Gasteiger partial charge is 0.456 e. The van der Waals surface area contributed by atoms with E-state index in [0.29, 0.717) is 22.1 Å². The third-order valence-corrected chi connectivity index (χ3v) is 5.91. The normalized spacial score (nSPS) is 12.0. The topological polar surface area (TPSA) is 88.4 Å². The zero-order valence-corrected chi connectivity index (χ0v) is 16.8. The number of hydrogen-bond acceptors (Lipinski definition) is 6. The van der Waals surface area contributed by atoms with Crippen LogP contribution < -0.4 is 10.1 Å². The maximum absolute atomic E-state index is 12.5. The summed E-state index contributed by atoms with van der Waals surface area (Å²) in [6, 6.07) is 17.9. The monoisotopic (exact) mass is 418 g/mol. The molecule has 1 N–H and O–H groups in total. The summed E-state index contributed by atoms with van der Waals surface area (Å²) in [6.45, 7) is -0.452. The Morgan fingerprint density at radius 2 is 1.83 bits per heavy atom. The fourth-order valence-electron chi connectivity index (χ4n) is 3.32. The summed E-state index contributed by atoms with van der Waals surface area (Å²) in [7, 11) is 0. The molecule has 1 aliphatic carbocycles. The fraction of sp³-hybridized carbons (Fsp3) is 0.174. The summed E-state index contributed by atoms with van der Waals surface area (Å²) < 4.78 is 10.9. The Bertz CT molecular complexity index is 1130. The highest BCUT2D eigenvalue weighted by Gasteiger charge is 2.23. The van der Waals surface area contributed by atoms with Gasteiger partial charge in [-0.2, -0.15) is 5.26 Å². The SMILES string of the molecule is N#Cc1c(NC(=O)COC(=O)c2ccccc2Oc2ccccc2)sc2c1CCC2. The van der Waals surface area contributed by atoms with Crippen LogP contribution >= 0.6 is 11.3 Å². The standard InChI is InChI=1S/C23H18N2O4S/c24-13-18-16-10-6-12-20(16)30-22(18)25-21(26)14-28-23(27)17-9-4-5-11-19(17)29-15-7-2-1-3-8-15/h1-5,7-9,11H,6,10,12,14H2,(H,25,26). The molecule has 0 saturated heterocycles. The molecule has 30 heavy (non-hydrogen) atoms. The second-order valence-electron chi connectivity index (χ2n) is 6.71. The second kappa shape index (κ2) is 8.80. The van der Waals surface area contributed by atoms with Gasteiger partial charge in [0.15, 0.2) is 6.61 Å². The zero-order valence-electron chi connectivity index (χ0n) is 16.0. The number of rotatable bonds is 6. The van der Waals surface area contributed by atoms with Crippen LogP contribution in [0.3, 0.4) is 0 Å². The van der Waals surface area contributed by atoms with Crippen molar-refractivity contribution >= 4 is 28.2 Å². The molecule has 1 aliphatic rings. The molecular weight excluding hydrogens is 400 g/mol. The molecule has 6 nitrogen and oxygen atoms in total. The molecule has 4 rings (SSSR count). The molecule has 0 unspecified atom stereocenters. The second-order valence-corrected chi connectivity index (χ2v) is 7.81. The van der Waals surface area contributed by atoms with Gasteiger partial charge in [0.2, 0.25) is 0 Å². The van der Waals surface area contributed by atoms with Crippen LogP contribution in [0.2, 0.25) is 0 Å². The molecule has 3 aromatic rings. The van der Waals surface area contributed by atoms with Gasteiger partial charge in [0, 0.05) is 4.88 Å². The number of carbonyl (C=O) groups excluding carboxylic acids is 2. The van der Waals surface area contributed by atoms with E-state index >= 15 is 0 Å². The molecule has 7 heteroatoms. The number of carbonyl (C=O) groups is 2. The first-order valence-corrected chi connectivity index (χ1v) is 10.3. The molecule has 1 aromatic heterocycles. The van der Waals surface area contributed by atoms with Crippen molar-refractivity contribution in [2.24, 2.45) is 0 Å². The van der Waals surface area contributed by atoms with E-state index in [2.05, 4.69) is 11.4 Å². The van der Waals surface area contributed by atoms with Gasteiger partial charge in [0.05, 0.1) is 5.56 Å². The molecule has 2 aromatic carbocycles. The zero-order chi connectivity index (χ0) is 20.9. The van der Waals surface area contributed by atoms with Gasteiger partial charge in [-0.25, -0.2) is 4.79 Å². The van der Waals surface area contributed by atoms with Gasteiger partial charge in [-0.05, 0) is 49.1 Å². The van der Waals surface area contributed by atoms with Crippen LogP contribution in [0, 0.1) is 11.3 Å². The fourth-order valence-corrected chi connectivity index (χ4v) is 4.58. The molecule has 1 amide bonds. The molecule has 0 radical (unpaired) electrons. The van der Waals surface area contributed by atoms with E-state index in [9.17, 15) is 14.9 Å². The maximum atomic E-state index is 12.5. The summed E-state index contributed by atoms with van der Waals surface area (Å²) in [6.07, 6.45) is 2.82. The van der Waals surface area contributed by atoms with E-state index in [0.717, 1.165) is 29.7 Å². The summed E-state index contributed by atoms with van der Waals surface area (Å²) in [5.74, 6) is -0.215. The van der Waals surface area contributed by atoms with Crippen LogP contribution in [0.1, 0.15) is 32.8 Å². The number of esters is 1. The Labute approximate surface area is 177 Å². The molecule has 0 bridgehead atoms. The maximum Gasteiger partial charge on any atom is 0.342 e. The van der Waals surface area contributed by atoms with E-state index in [4.69, 9.17) is 9.47 Å².